The van der Waals surface area contributed by atoms with Gasteiger partial charge in [-0.05, 0) is 35.9 Å². The Balaban J connectivity index is 2.25. The van der Waals surface area contributed by atoms with Crippen molar-refractivity contribution in [2.75, 3.05) is 7.11 Å². The van der Waals surface area contributed by atoms with Gasteiger partial charge in [0, 0.05) is 13.3 Å². The van der Waals surface area contributed by atoms with Gasteiger partial charge in [0.15, 0.2) is 5.78 Å². The van der Waals surface area contributed by atoms with Crippen LogP contribution < -0.4 is 4.74 Å². The molecule has 29 heavy (non-hydrogen) atoms. The minimum Gasteiger partial charge on any atom is -0.506 e. The van der Waals surface area contributed by atoms with E-state index in [2.05, 4.69) is 0 Å². The molecule has 1 aliphatic carbocycles. The van der Waals surface area contributed by atoms with Crippen LogP contribution in [0.15, 0.2) is 18.2 Å². The van der Waals surface area contributed by atoms with Gasteiger partial charge in [0.25, 0.3) is 0 Å². The number of aromatic hydroxyl groups is 2. The molecule has 3 rings (SSSR count). The van der Waals surface area contributed by atoms with E-state index in [1.807, 2.05) is 19.9 Å². The van der Waals surface area contributed by atoms with Crippen LogP contribution in [-0.4, -0.2) is 34.7 Å². The average molecular weight is 398 g/mol. The Hall–Kier alpha value is -3.02. The maximum atomic E-state index is 12.8. The summed E-state index contributed by atoms with van der Waals surface area (Å²) in [6.45, 7) is 7.02. The van der Waals surface area contributed by atoms with E-state index >= 15 is 0 Å². The van der Waals surface area contributed by atoms with Crippen LogP contribution in [0.5, 0.6) is 17.2 Å². The number of Topliss-reactive ketones (excluding diaryl/α,β-unsaturated/α-hetero) is 1. The fourth-order valence-corrected chi connectivity index (χ4v) is 3.96. The summed E-state index contributed by atoms with van der Waals surface area (Å²) in [6, 6.07) is 3.46. The van der Waals surface area contributed by atoms with Gasteiger partial charge in [-0.25, -0.2) is 0 Å². The zero-order valence-corrected chi connectivity index (χ0v) is 17.3. The molecule has 0 heterocycles. The van der Waals surface area contributed by atoms with Crippen molar-refractivity contribution >= 4 is 28.6 Å². The maximum absolute atomic E-state index is 12.8. The normalized spacial score (nSPS) is 19.0. The van der Waals surface area contributed by atoms with Crippen molar-refractivity contribution in [3.63, 3.8) is 0 Å². The summed E-state index contributed by atoms with van der Waals surface area (Å²) in [6.07, 6.45) is 3.91. The Morgan fingerprint density at radius 3 is 2.48 bits per heavy atom. The smallest absolute Gasteiger partial charge is 0.303 e. The minimum atomic E-state index is -0.970. The molecule has 6 nitrogen and oxygen atoms in total. The number of benzene rings is 2. The summed E-state index contributed by atoms with van der Waals surface area (Å²) in [5.74, 6) is -0.480. The zero-order chi connectivity index (χ0) is 21.5. The van der Waals surface area contributed by atoms with Crippen LogP contribution in [0.25, 0.3) is 16.8 Å². The number of fused-ring (bicyclic) bond motifs is 2. The molecule has 6 heteroatoms. The Kier molecular flexibility index (Phi) is 5.30. The minimum absolute atomic E-state index is 0.0321. The molecular formula is C23H26O6. The van der Waals surface area contributed by atoms with E-state index < -0.39 is 11.6 Å². The van der Waals surface area contributed by atoms with Gasteiger partial charge in [-0.3, -0.25) is 9.59 Å². The number of hydrogen-bond donors (Lipinski definition) is 2. The first kappa shape index (κ1) is 20.7. The highest BCUT2D eigenvalue weighted by molar-refractivity contribution is 6.10. The predicted octanol–water partition coefficient (Wildman–Crippen LogP) is 4.38. The van der Waals surface area contributed by atoms with E-state index in [0.29, 0.717) is 22.3 Å². The molecular weight excluding hydrogens is 372 g/mol. The van der Waals surface area contributed by atoms with E-state index in [0.717, 1.165) is 0 Å². The van der Waals surface area contributed by atoms with Crippen LogP contribution in [0, 0.1) is 5.92 Å². The molecule has 2 aromatic carbocycles. The molecule has 0 radical (unpaired) electrons. The summed E-state index contributed by atoms with van der Waals surface area (Å²) in [5, 5.41) is 22.5. The Morgan fingerprint density at radius 1 is 1.21 bits per heavy atom. The molecule has 2 aromatic rings. The lowest BCUT2D eigenvalue weighted by atomic mass is 9.78. The van der Waals surface area contributed by atoms with E-state index in [1.54, 1.807) is 25.1 Å². The standard InChI is InChI=1S/C23H26O6/c1-12(2)6-7-16-18(28-5)9-14-8-15-10-23(4,29-13(3)24)11-17(25)19(15)22(27)20(14)21(16)26/h6-9,12,26-27H,10-11H2,1-5H3/t23-/m0/s1. The molecule has 0 aromatic heterocycles. The van der Waals surface area contributed by atoms with E-state index in [9.17, 15) is 19.8 Å². The molecule has 1 atom stereocenters. The second kappa shape index (κ2) is 7.43. The molecule has 0 aliphatic heterocycles. The summed E-state index contributed by atoms with van der Waals surface area (Å²) in [5.41, 5.74) is 0.211. The van der Waals surface area contributed by atoms with Gasteiger partial charge >= 0.3 is 5.97 Å². The van der Waals surface area contributed by atoms with Crippen molar-refractivity contribution in [1.82, 2.24) is 0 Å². The lowest BCUT2D eigenvalue weighted by molar-refractivity contribution is -0.155. The molecule has 1 aliphatic rings. The Bertz CT molecular complexity index is 1030. The van der Waals surface area contributed by atoms with Crippen molar-refractivity contribution < 1.29 is 29.3 Å². The second-order valence-electron chi connectivity index (χ2n) is 8.12. The summed E-state index contributed by atoms with van der Waals surface area (Å²) >= 11 is 0. The number of ketones is 1. The lowest BCUT2D eigenvalue weighted by Gasteiger charge is -2.34. The van der Waals surface area contributed by atoms with Gasteiger partial charge in [-0.15, -0.1) is 0 Å². The van der Waals surface area contributed by atoms with Crippen molar-refractivity contribution in [2.45, 2.75) is 46.1 Å². The fraction of sp³-hybridized carbons (Fsp3) is 0.391. The molecule has 0 fully saturated rings. The van der Waals surface area contributed by atoms with Crippen molar-refractivity contribution in [2.24, 2.45) is 5.92 Å². The maximum Gasteiger partial charge on any atom is 0.303 e. The monoisotopic (exact) mass is 398 g/mol. The number of methoxy groups -OCH3 is 1. The molecule has 0 bridgehead atoms. The van der Waals surface area contributed by atoms with Gasteiger partial charge in [-0.2, -0.15) is 0 Å². The lowest BCUT2D eigenvalue weighted by Crippen LogP contribution is -2.40. The number of allylic oxidation sites excluding steroid dienone is 1. The first-order valence-electron chi connectivity index (χ1n) is 9.56. The summed E-state index contributed by atoms with van der Waals surface area (Å²) in [7, 11) is 1.51. The second-order valence-corrected chi connectivity index (χ2v) is 8.12. The van der Waals surface area contributed by atoms with Crippen LogP contribution >= 0.6 is 0 Å². The van der Waals surface area contributed by atoms with Crippen molar-refractivity contribution in [1.29, 1.82) is 0 Å². The van der Waals surface area contributed by atoms with Gasteiger partial charge in [0.1, 0.15) is 22.8 Å². The van der Waals surface area contributed by atoms with Crippen molar-refractivity contribution in [3.05, 3.63) is 34.9 Å². The number of phenolic OH excluding ortho intramolecular Hbond substituents is 2. The summed E-state index contributed by atoms with van der Waals surface area (Å²) in [4.78, 5) is 24.3. The molecule has 0 saturated heterocycles. The van der Waals surface area contributed by atoms with Gasteiger partial charge in [-0.1, -0.05) is 26.0 Å². The first-order chi connectivity index (χ1) is 13.6. The average Bonchev–Trinajstić information content (AvgIpc) is 2.58. The third-order valence-electron chi connectivity index (χ3n) is 5.09. The molecule has 0 saturated carbocycles. The van der Waals surface area contributed by atoms with E-state index in [-0.39, 0.29) is 47.0 Å². The number of phenols is 2. The van der Waals surface area contributed by atoms with E-state index in [1.165, 1.54) is 14.0 Å². The zero-order valence-electron chi connectivity index (χ0n) is 17.3. The topological polar surface area (TPSA) is 93.1 Å². The number of carbonyl (C=O) groups is 2. The van der Waals surface area contributed by atoms with Crippen LogP contribution in [0.3, 0.4) is 0 Å². The van der Waals surface area contributed by atoms with Gasteiger partial charge in [0.2, 0.25) is 0 Å². The molecule has 0 amide bonds. The number of rotatable bonds is 4. The van der Waals surface area contributed by atoms with Gasteiger partial charge < -0.3 is 19.7 Å². The molecule has 154 valence electrons. The molecule has 0 unspecified atom stereocenters. The third-order valence-corrected chi connectivity index (χ3v) is 5.09. The van der Waals surface area contributed by atoms with Gasteiger partial charge in [0.05, 0.1) is 30.0 Å². The fourth-order valence-electron chi connectivity index (χ4n) is 3.96. The third kappa shape index (κ3) is 3.79. The van der Waals surface area contributed by atoms with Crippen LogP contribution in [-0.2, 0) is 16.0 Å². The Morgan fingerprint density at radius 2 is 1.90 bits per heavy atom. The Labute approximate surface area is 169 Å². The highest BCUT2D eigenvalue weighted by Gasteiger charge is 2.39. The molecule has 0 spiro atoms. The SMILES string of the molecule is COc1cc2cc3c(c(O)c2c(O)c1C=CC(C)C)C(=O)C[C@@](C)(OC(C)=O)C3. The van der Waals surface area contributed by atoms with E-state index in [4.69, 9.17) is 9.47 Å². The van der Waals surface area contributed by atoms with Crippen LogP contribution in [0.1, 0.15) is 55.6 Å². The highest BCUT2D eigenvalue weighted by Crippen LogP contribution is 2.46. The van der Waals surface area contributed by atoms with Crippen molar-refractivity contribution in [3.8, 4) is 17.2 Å². The highest BCUT2D eigenvalue weighted by atomic mass is 16.6. The number of ether oxygens (including phenoxy) is 2. The quantitative estimate of drug-likeness (QED) is 0.743. The first-order valence-corrected chi connectivity index (χ1v) is 9.56. The summed E-state index contributed by atoms with van der Waals surface area (Å²) < 4.78 is 10.8. The number of esters is 1. The predicted molar refractivity (Wildman–Crippen MR) is 111 cm³/mol. The number of carbonyl (C=O) groups excluding carboxylic acids is 2. The van der Waals surface area contributed by atoms with Crippen LogP contribution in [0.2, 0.25) is 0 Å². The number of hydrogen-bond acceptors (Lipinski definition) is 6. The van der Waals surface area contributed by atoms with Crippen LogP contribution in [0.4, 0.5) is 0 Å². The largest absolute Gasteiger partial charge is 0.506 e. The molecule has 2 N–H and O–H groups in total.